The van der Waals surface area contributed by atoms with E-state index in [2.05, 4.69) is 0 Å². The quantitative estimate of drug-likeness (QED) is 0.700. The lowest BCUT2D eigenvalue weighted by atomic mass is 10.1. The Morgan fingerprint density at radius 1 is 1.00 bits per heavy atom. The summed E-state index contributed by atoms with van der Waals surface area (Å²) in [7, 11) is 0. The number of aliphatic hydroxyl groups is 1. The second kappa shape index (κ2) is 9.77. The number of piperazine rings is 1. The molecule has 0 radical (unpaired) electrons. The first-order valence-electron chi connectivity index (χ1n) is 9.72. The van der Waals surface area contributed by atoms with Crippen molar-refractivity contribution in [3.63, 3.8) is 0 Å². The van der Waals surface area contributed by atoms with E-state index in [-0.39, 0.29) is 23.9 Å². The number of hydrogen-bond acceptors (Lipinski definition) is 5. The van der Waals surface area contributed by atoms with Gasteiger partial charge in [0.05, 0.1) is 0 Å². The number of amides is 1. The Morgan fingerprint density at radius 3 is 2.23 bits per heavy atom. The Labute approximate surface area is 173 Å². The Kier molecular flexibility index (Phi) is 7.12. The number of rotatable bonds is 7. The second-order valence-electron chi connectivity index (χ2n) is 7.27. The fraction of sp³-hybridized carbons (Fsp3) is 0.364. The first-order valence-corrected chi connectivity index (χ1v) is 9.72. The fourth-order valence-corrected chi connectivity index (χ4v) is 3.27. The number of Topliss-reactive ketones (excluding diaryl/α,β-unsaturated/α-hetero) is 1. The number of β-amino-alcohol motifs (C(OH)–C–C–N with tert-alkyl or cyclic N) is 1. The molecule has 30 heavy (non-hydrogen) atoms. The molecule has 1 aliphatic rings. The van der Waals surface area contributed by atoms with Gasteiger partial charge in [-0.2, -0.15) is 0 Å². The molecule has 8 heteroatoms. The molecule has 160 valence electrons. The average molecular weight is 418 g/mol. The molecule has 1 atom stereocenters. The summed E-state index contributed by atoms with van der Waals surface area (Å²) in [5, 5.41) is 10.2. The molecule has 1 aliphatic heterocycles. The Morgan fingerprint density at radius 2 is 1.63 bits per heavy atom. The molecule has 1 heterocycles. The van der Waals surface area contributed by atoms with E-state index in [1.165, 1.54) is 13.0 Å². The number of aliphatic hydroxyl groups excluding tert-OH is 1. The predicted molar refractivity (Wildman–Crippen MR) is 107 cm³/mol. The molecular weight excluding hydrogens is 394 g/mol. The number of carbonyl (C=O) groups excluding carboxylic acids is 2. The largest absolute Gasteiger partial charge is 0.491 e. The topological polar surface area (TPSA) is 70.1 Å². The van der Waals surface area contributed by atoms with Gasteiger partial charge in [0.2, 0.25) is 0 Å². The Balaban J connectivity index is 1.43. The van der Waals surface area contributed by atoms with E-state index in [4.69, 9.17) is 4.74 Å². The van der Waals surface area contributed by atoms with Crippen LogP contribution in [0.4, 0.5) is 8.78 Å². The molecule has 0 bridgehead atoms. The van der Waals surface area contributed by atoms with Crippen molar-refractivity contribution in [2.75, 3.05) is 39.3 Å². The summed E-state index contributed by atoms with van der Waals surface area (Å²) in [6.45, 7) is 3.95. The van der Waals surface area contributed by atoms with Crippen molar-refractivity contribution < 1.29 is 28.2 Å². The van der Waals surface area contributed by atoms with Crippen molar-refractivity contribution in [3.8, 4) is 5.75 Å². The molecule has 0 aliphatic carbocycles. The van der Waals surface area contributed by atoms with E-state index in [0.717, 1.165) is 12.1 Å². The zero-order chi connectivity index (χ0) is 21.7. The molecule has 0 spiro atoms. The van der Waals surface area contributed by atoms with Crippen molar-refractivity contribution in [1.29, 1.82) is 0 Å². The van der Waals surface area contributed by atoms with Crippen LogP contribution in [0.1, 0.15) is 27.6 Å². The molecule has 3 rings (SSSR count). The summed E-state index contributed by atoms with van der Waals surface area (Å²) in [6.07, 6.45) is -0.717. The molecule has 0 aromatic heterocycles. The molecule has 2 aromatic rings. The van der Waals surface area contributed by atoms with Crippen LogP contribution in [0.5, 0.6) is 5.75 Å². The van der Waals surface area contributed by atoms with Crippen LogP contribution in [-0.2, 0) is 0 Å². The minimum absolute atomic E-state index is 0.0243. The normalized spacial score (nSPS) is 15.7. The molecule has 2 aromatic carbocycles. The number of halogens is 2. The molecule has 1 unspecified atom stereocenters. The third-order valence-electron chi connectivity index (χ3n) is 5.00. The number of benzene rings is 2. The molecule has 6 nitrogen and oxygen atoms in total. The van der Waals surface area contributed by atoms with Gasteiger partial charge < -0.3 is 14.7 Å². The van der Waals surface area contributed by atoms with Gasteiger partial charge in [-0.3, -0.25) is 14.5 Å². The van der Waals surface area contributed by atoms with Gasteiger partial charge in [-0.1, -0.05) is 0 Å². The second-order valence-corrected chi connectivity index (χ2v) is 7.27. The minimum Gasteiger partial charge on any atom is -0.491 e. The van der Waals surface area contributed by atoms with Gasteiger partial charge in [0, 0.05) is 43.9 Å². The summed E-state index contributed by atoms with van der Waals surface area (Å²) in [5.41, 5.74) is 0.713. The van der Waals surface area contributed by atoms with Crippen LogP contribution in [0.2, 0.25) is 0 Å². The number of hydrogen-bond donors (Lipinski definition) is 1. The minimum atomic E-state index is -1.04. The van der Waals surface area contributed by atoms with Crippen molar-refractivity contribution >= 4 is 11.7 Å². The monoisotopic (exact) mass is 418 g/mol. The third-order valence-corrected chi connectivity index (χ3v) is 5.00. The molecule has 0 saturated carbocycles. The van der Waals surface area contributed by atoms with E-state index < -0.39 is 17.7 Å². The summed E-state index contributed by atoms with van der Waals surface area (Å²) < 4.78 is 32.0. The van der Waals surface area contributed by atoms with Crippen LogP contribution < -0.4 is 4.74 Å². The van der Waals surface area contributed by atoms with Crippen LogP contribution in [0.15, 0.2) is 42.5 Å². The lowest BCUT2D eigenvalue weighted by Crippen LogP contribution is -2.51. The number of carbonyl (C=O) groups is 2. The molecule has 1 amide bonds. The molecular formula is C22H24F2N2O4. The lowest BCUT2D eigenvalue weighted by Gasteiger charge is -2.35. The smallest absolute Gasteiger partial charge is 0.254 e. The SMILES string of the molecule is CC(=O)c1ccc(OCC(O)CN2CCN(C(=O)c3ccc(F)c(F)c3)CC2)cc1. The van der Waals surface area contributed by atoms with Crippen LogP contribution >= 0.6 is 0 Å². The number of ether oxygens (including phenoxy) is 1. The maximum absolute atomic E-state index is 13.4. The standard InChI is InChI=1S/C22H24F2N2O4/c1-15(27)16-2-5-19(6-3-16)30-14-18(28)13-25-8-10-26(11-9-25)22(29)17-4-7-20(23)21(24)12-17/h2-7,12,18,28H,8-11,13-14H2,1H3. The average Bonchev–Trinajstić information content (AvgIpc) is 2.74. The molecule has 1 saturated heterocycles. The van der Waals surface area contributed by atoms with E-state index in [9.17, 15) is 23.5 Å². The highest BCUT2D eigenvalue weighted by molar-refractivity contribution is 5.94. The van der Waals surface area contributed by atoms with Crippen LogP contribution in [0, 0.1) is 11.6 Å². The van der Waals surface area contributed by atoms with Gasteiger partial charge in [-0.05, 0) is 49.4 Å². The van der Waals surface area contributed by atoms with Crippen molar-refractivity contribution in [2.24, 2.45) is 0 Å². The predicted octanol–water partition coefficient (Wildman–Crippen LogP) is 2.37. The van der Waals surface area contributed by atoms with Crippen LogP contribution in [0.25, 0.3) is 0 Å². The van der Waals surface area contributed by atoms with Crippen molar-refractivity contribution in [2.45, 2.75) is 13.0 Å². The Bertz CT molecular complexity index is 897. The highest BCUT2D eigenvalue weighted by atomic mass is 19.2. The van der Waals surface area contributed by atoms with Gasteiger partial charge in [-0.15, -0.1) is 0 Å². The van der Waals surface area contributed by atoms with Gasteiger partial charge in [-0.25, -0.2) is 8.78 Å². The van der Waals surface area contributed by atoms with Gasteiger partial charge in [0.15, 0.2) is 17.4 Å². The van der Waals surface area contributed by atoms with E-state index in [1.807, 2.05) is 4.90 Å². The molecule has 1 N–H and O–H groups in total. The maximum Gasteiger partial charge on any atom is 0.254 e. The van der Waals surface area contributed by atoms with Gasteiger partial charge >= 0.3 is 0 Å². The summed E-state index contributed by atoms with van der Waals surface area (Å²) >= 11 is 0. The maximum atomic E-state index is 13.4. The first kappa shape index (κ1) is 21.9. The fourth-order valence-electron chi connectivity index (χ4n) is 3.27. The van der Waals surface area contributed by atoms with E-state index >= 15 is 0 Å². The zero-order valence-corrected chi connectivity index (χ0v) is 16.7. The number of ketones is 1. The van der Waals surface area contributed by atoms with Gasteiger partial charge in [0.1, 0.15) is 18.5 Å². The van der Waals surface area contributed by atoms with E-state index in [1.54, 1.807) is 29.2 Å². The zero-order valence-electron chi connectivity index (χ0n) is 16.7. The summed E-state index contributed by atoms with van der Waals surface area (Å²) in [5.74, 6) is -1.82. The van der Waals surface area contributed by atoms with Crippen LogP contribution in [0.3, 0.4) is 0 Å². The van der Waals surface area contributed by atoms with Crippen LogP contribution in [-0.4, -0.2) is 72.0 Å². The number of nitrogens with zero attached hydrogens (tertiary/aromatic N) is 2. The van der Waals surface area contributed by atoms with Gasteiger partial charge in [0.25, 0.3) is 5.91 Å². The third kappa shape index (κ3) is 5.61. The van der Waals surface area contributed by atoms with Crippen molar-refractivity contribution in [3.05, 3.63) is 65.2 Å². The highest BCUT2D eigenvalue weighted by Crippen LogP contribution is 2.15. The molecule has 1 fully saturated rings. The lowest BCUT2D eigenvalue weighted by molar-refractivity contribution is 0.0403. The summed E-state index contributed by atoms with van der Waals surface area (Å²) in [4.78, 5) is 27.3. The van der Waals surface area contributed by atoms with Crippen molar-refractivity contribution in [1.82, 2.24) is 9.80 Å². The highest BCUT2D eigenvalue weighted by Gasteiger charge is 2.24. The summed E-state index contributed by atoms with van der Waals surface area (Å²) in [6, 6.07) is 9.85. The first-order chi connectivity index (χ1) is 14.3. The Hall–Kier alpha value is -2.84. The van der Waals surface area contributed by atoms with E-state index in [0.29, 0.717) is 44.0 Å².